The largest absolute Gasteiger partial charge is 0.387 e. The predicted octanol–water partition coefficient (Wildman–Crippen LogP) is 1.11. The molecule has 2 unspecified atom stereocenters. The molecule has 0 radical (unpaired) electrons. The molecular weight excluding hydrogens is 280 g/mol. The van der Waals surface area contributed by atoms with Crippen LogP contribution in [0.1, 0.15) is 24.5 Å². The number of rotatable bonds is 4. The highest BCUT2D eigenvalue weighted by Crippen LogP contribution is 2.17. The molecule has 1 heterocycles. The third-order valence-corrected chi connectivity index (χ3v) is 3.71. The van der Waals surface area contributed by atoms with Crippen LogP contribution in [0.4, 0.5) is 0 Å². The van der Waals surface area contributed by atoms with E-state index in [1.807, 2.05) is 0 Å². The van der Waals surface area contributed by atoms with Crippen LogP contribution in [-0.2, 0) is 9.59 Å². The van der Waals surface area contributed by atoms with Gasteiger partial charge in [-0.1, -0.05) is 23.7 Å². The van der Waals surface area contributed by atoms with Gasteiger partial charge in [0.15, 0.2) is 0 Å². The number of nitrogens with one attached hydrogen (secondary N) is 1. The van der Waals surface area contributed by atoms with Gasteiger partial charge in [0.1, 0.15) is 0 Å². The highest BCUT2D eigenvalue weighted by Gasteiger charge is 2.31. The molecule has 0 aromatic heterocycles. The average Bonchev–Trinajstić information content (AvgIpc) is 2.44. The zero-order valence-corrected chi connectivity index (χ0v) is 11.9. The van der Waals surface area contributed by atoms with Crippen LogP contribution in [0.5, 0.6) is 0 Å². The van der Waals surface area contributed by atoms with Crippen molar-refractivity contribution in [3.05, 3.63) is 34.9 Å². The molecule has 0 bridgehead atoms. The third-order valence-electron chi connectivity index (χ3n) is 3.46. The molecule has 1 aromatic carbocycles. The zero-order chi connectivity index (χ0) is 14.7. The second-order valence-electron chi connectivity index (χ2n) is 4.86. The summed E-state index contributed by atoms with van der Waals surface area (Å²) in [7, 11) is 1.48. The monoisotopic (exact) mass is 296 g/mol. The van der Waals surface area contributed by atoms with Crippen molar-refractivity contribution in [2.45, 2.75) is 25.0 Å². The second-order valence-corrected chi connectivity index (χ2v) is 5.29. The number of hydrogen-bond acceptors (Lipinski definition) is 4. The van der Waals surface area contributed by atoms with Gasteiger partial charge in [-0.25, -0.2) is 0 Å². The lowest BCUT2D eigenvalue weighted by Gasteiger charge is -2.29. The fraction of sp³-hybridized carbons (Fsp3) is 0.429. The van der Waals surface area contributed by atoms with E-state index < -0.39 is 12.1 Å². The molecule has 0 saturated carbocycles. The molecule has 20 heavy (non-hydrogen) atoms. The fourth-order valence-corrected chi connectivity index (χ4v) is 2.29. The minimum atomic E-state index is -0.719. The Labute approximate surface area is 122 Å². The van der Waals surface area contributed by atoms with Crippen LogP contribution in [0.2, 0.25) is 5.02 Å². The maximum atomic E-state index is 11.9. The molecule has 2 N–H and O–H groups in total. The van der Waals surface area contributed by atoms with Gasteiger partial charge in [0.05, 0.1) is 12.1 Å². The maximum Gasteiger partial charge on any atom is 0.246 e. The molecule has 108 valence electrons. The topological polar surface area (TPSA) is 69.6 Å². The van der Waals surface area contributed by atoms with Crippen LogP contribution in [0, 0.1) is 0 Å². The molecule has 1 aliphatic heterocycles. The predicted molar refractivity (Wildman–Crippen MR) is 75.2 cm³/mol. The van der Waals surface area contributed by atoms with E-state index >= 15 is 0 Å². The van der Waals surface area contributed by atoms with Crippen molar-refractivity contribution in [2.24, 2.45) is 0 Å². The molecule has 0 aliphatic carbocycles. The normalized spacial score (nSPS) is 21.1. The van der Waals surface area contributed by atoms with Gasteiger partial charge in [-0.15, -0.1) is 0 Å². The molecule has 2 rings (SSSR count). The molecular formula is C14H17ClN2O3. The molecule has 2 amide bonds. The summed E-state index contributed by atoms with van der Waals surface area (Å²) in [5, 5.41) is 13.7. The summed E-state index contributed by atoms with van der Waals surface area (Å²) < 4.78 is 0. The lowest BCUT2D eigenvalue weighted by atomic mass is 10.0. The van der Waals surface area contributed by atoms with E-state index in [1.54, 1.807) is 24.3 Å². The summed E-state index contributed by atoms with van der Waals surface area (Å²) in [6, 6.07) is 6.48. The Bertz CT molecular complexity index is 504. The van der Waals surface area contributed by atoms with Crippen LogP contribution < -0.4 is 5.32 Å². The number of likely N-dealkylation sites (tertiary alicyclic amines) is 1. The standard InChI is InChI=1S/C14H17ClN2O3/c1-17-13(19)7-6-11(14(17)20)16-8-12(18)9-2-4-10(15)5-3-9/h2-5,11-12,16,18H,6-8H2,1H3. The Balaban J connectivity index is 1.90. The molecule has 5 nitrogen and oxygen atoms in total. The van der Waals surface area contributed by atoms with E-state index in [1.165, 1.54) is 7.05 Å². The third kappa shape index (κ3) is 3.36. The Morgan fingerprint density at radius 3 is 2.70 bits per heavy atom. The van der Waals surface area contributed by atoms with E-state index in [0.29, 0.717) is 17.9 Å². The van der Waals surface area contributed by atoms with Crippen molar-refractivity contribution in [3.8, 4) is 0 Å². The van der Waals surface area contributed by atoms with Gasteiger partial charge in [0.25, 0.3) is 0 Å². The number of benzene rings is 1. The molecule has 1 aromatic rings. The molecule has 1 fully saturated rings. The number of aliphatic hydroxyl groups excluding tert-OH is 1. The summed E-state index contributed by atoms with van der Waals surface area (Å²) in [6.07, 6.45) is 0.0924. The first kappa shape index (κ1) is 15.0. The summed E-state index contributed by atoms with van der Waals surface area (Å²) in [5.74, 6) is -0.407. The minimum Gasteiger partial charge on any atom is -0.387 e. The number of carbonyl (C=O) groups is 2. The first-order chi connectivity index (χ1) is 9.49. The molecule has 6 heteroatoms. The number of hydrogen-bond donors (Lipinski definition) is 2. The van der Waals surface area contributed by atoms with Crippen molar-refractivity contribution in [1.82, 2.24) is 10.2 Å². The molecule has 0 spiro atoms. The lowest BCUT2D eigenvalue weighted by Crippen LogP contribution is -2.52. The number of amides is 2. The zero-order valence-electron chi connectivity index (χ0n) is 11.2. The van der Waals surface area contributed by atoms with Gasteiger partial charge in [-0.05, 0) is 24.1 Å². The van der Waals surface area contributed by atoms with E-state index in [4.69, 9.17) is 11.6 Å². The van der Waals surface area contributed by atoms with Gasteiger partial charge in [-0.2, -0.15) is 0 Å². The number of piperidine rings is 1. The summed E-state index contributed by atoms with van der Waals surface area (Å²) in [5.41, 5.74) is 0.731. The van der Waals surface area contributed by atoms with Crippen LogP contribution in [-0.4, -0.2) is 41.5 Å². The number of aliphatic hydroxyl groups is 1. The number of halogens is 1. The number of nitrogens with zero attached hydrogens (tertiary/aromatic N) is 1. The summed E-state index contributed by atoms with van der Waals surface area (Å²) in [6.45, 7) is 0.250. The van der Waals surface area contributed by atoms with Crippen LogP contribution in [0.3, 0.4) is 0 Å². The van der Waals surface area contributed by atoms with Gasteiger partial charge < -0.3 is 10.4 Å². The van der Waals surface area contributed by atoms with Gasteiger partial charge in [-0.3, -0.25) is 14.5 Å². The van der Waals surface area contributed by atoms with E-state index in [2.05, 4.69) is 5.32 Å². The summed E-state index contributed by atoms with van der Waals surface area (Å²) in [4.78, 5) is 24.4. The first-order valence-corrected chi connectivity index (χ1v) is 6.84. The Kier molecular flexibility index (Phi) is 4.75. The van der Waals surface area contributed by atoms with E-state index in [-0.39, 0.29) is 18.4 Å². The lowest BCUT2D eigenvalue weighted by molar-refractivity contribution is -0.148. The SMILES string of the molecule is CN1C(=O)CCC(NCC(O)c2ccc(Cl)cc2)C1=O. The number of likely N-dealkylation sites (N-methyl/N-ethyl adjacent to an activating group) is 1. The van der Waals surface area contributed by atoms with Gasteiger partial charge >= 0.3 is 0 Å². The fourth-order valence-electron chi connectivity index (χ4n) is 2.16. The van der Waals surface area contributed by atoms with E-state index in [0.717, 1.165) is 10.5 Å². The van der Waals surface area contributed by atoms with Gasteiger partial charge in [0.2, 0.25) is 11.8 Å². The average molecular weight is 297 g/mol. The highest BCUT2D eigenvalue weighted by molar-refractivity contribution is 6.30. The quantitative estimate of drug-likeness (QED) is 0.817. The molecule has 1 saturated heterocycles. The summed E-state index contributed by atoms with van der Waals surface area (Å²) >= 11 is 5.78. The minimum absolute atomic E-state index is 0.161. The van der Waals surface area contributed by atoms with Crippen molar-refractivity contribution < 1.29 is 14.7 Å². The smallest absolute Gasteiger partial charge is 0.246 e. The van der Waals surface area contributed by atoms with Crippen LogP contribution >= 0.6 is 11.6 Å². The number of carbonyl (C=O) groups excluding carboxylic acids is 2. The maximum absolute atomic E-state index is 11.9. The van der Waals surface area contributed by atoms with Crippen molar-refractivity contribution in [2.75, 3.05) is 13.6 Å². The van der Waals surface area contributed by atoms with E-state index in [9.17, 15) is 14.7 Å². The highest BCUT2D eigenvalue weighted by atomic mass is 35.5. The second kappa shape index (κ2) is 6.35. The molecule has 1 aliphatic rings. The number of imide groups is 1. The van der Waals surface area contributed by atoms with Gasteiger partial charge in [0, 0.05) is 25.0 Å². The van der Waals surface area contributed by atoms with Crippen molar-refractivity contribution in [1.29, 1.82) is 0 Å². The Morgan fingerprint density at radius 2 is 2.05 bits per heavy atom. The first-order valence-electron chi connectivity index (χ1n) is 6.46. The van der Waals surface area contributed by atoms with Crippen molar-refractivity contribution >= 4 is 23.4 Å². The van der Waals surface area contributed by atoms with Crippen LogP contribution in [0.25, 0.3) is 0 Å². The molecule has 2 atom stereocenters. The Hall–Kier alpha value is -1.43. The van der Waals surface area contributed by atoms with Crippen LogP contribution in [0.15, 0.2) is 24.3 Å². The van der Waals surface area contributed by atoms with Crippen molar-refractivity contribution in [3.63, 3.8) is 0 Å². The Morgan fingerprint density at radius 1 is 1.40 bits per heavy atom.